The summed E-state index contributed by atoms with van der Waals surface area (Å²) in [5.74, 6) is -1.10. The van der Waals surface area contributed by atoms with Crippen LogP contribution in [0.1, 0.15) is 19.8 Å². The largest absolute Gasteiger partial charge is 0.415 e. The Balaban J connectivity index is 3.03. The monoisotopic (exact) mass is 180 g/mol. The number of hydrogen-bond acceptors (Lipinski definition) is 0. The van der Waals surface area contributed by atoms with Gasteiger partial charge in [-0.1, -0.05) is 6.08 Å². The van der Waals surface area contributed by atoms with E-state index < -0.39 is 17.6 Å². The number of rotatable bonds is 0. The Bertz CT molecular complexity index is 244. The Morgan fingerprint density at radius 3 is 2.33 bits per heavy atom. The van der Waals surface area contributed by atoms with Gasteiger partial charge in [0, 0.05) is 0 Å². The molecule has 12 heavy (non-hydrogen) atoms. The molecule has 1 aliphatic rings. The molecule has 0 spiro atoms. The molecule has 1 rings (SSSR count). The van der Waals surface area contributed by atoms with Crippen LogP contribution in [0.2, 0.25) is 0 Å². The molecule has 0 bridgehead atoms. The molecule has 0 aromatic carbocycles. The highest BCUT2D eigenvalue weighted by Crippen LogP contribution is 2.37. The van der Waals surface area contributed by atoms with Gasteiger partial charge in [0.05, 0.1) is 5.57 Å². The molecule has 0 saturated heterocycles. The van der Waals surface area contributed by atoms with Crippen molar-refractivity contribution in [2.45, 2.75) is 25.9 Å². The average Bonchev–Trinajstić information content (AvgIpc) is 1.92. The summed E-state index contributed by atoms with van der Waals surface area (Å²) in [5, 5.41) is 0. The zero-order chi connectivity index (χ0) is 9.35. The first-order valence-electron chi connectivity index (χ1n) is 3.56. The zero-order valence-corrected chi connectivity index (χ0v) is 6.50. The lowest BCUT2D eigenvalue weighted by Crippen LogP contribution is -2.15. The van der Waals surface area contributed by atoms with Crippen molar-refractivity contribution < 1.29 is 17.6 Å². The molecule has 0 aliphatic heterocycles. The minimum Gasteiger partial charge on any atom is -0.206 e. The summed E-state index contributed by atoms with van der Waals surface area (Å²) in [4.78, 5) is 0. The molecule has 0 nitrogen and oxygen atoms in total. The van der Waals surface area contributed by atoms with Crippen LogP contribution in [-0.4, -0.2) is 6.18 Å². The Hall–Kier alpha value is -0.800. The van der Waals surface area contributed by atoms with Crippen molar-refractivity contribution in [1.29, 1.82) is 0 Å². The van der Waals surface area contributed by atoms with E-state index in [2.05, 4.69) is 0 Å². The van der Waals surface area contributed by atoms with E-state index in [9.17, 15) is 17.6 Å². The second kappa shape index (κ2) is 2.92. The lowest BCUT2D eigenvalue weighted by molar-refractivity contribution is -0.0959. The second-order valence-electron chi connectivity index (χ2n) is 2.72. The standard InChI is InChI=1S/C8H8F4/c1-5-3-2-4-6(7(5)9)8(10,11)12/h3H,2,4H2,1H3. The number of allylic oxidation sites excluding steroid dienone is 4. The topological polar surface area (TPSA) is 0 Å². The summed E-state index contributed by atoms with van der Waals surface area (Å²) >= 11 is 0. The van der Waals surface area contributed by atoms with Crippen LogP contribution >= 0.6 is 0 Å². The molecular weight excluding hydrogens is 172 g/mol. The van der Waals surface area contributed by atoms with Crippen LogP contribution in [0.15, 0.2) is 23.0 Å². The van der Waals surface area contributed by atoms with Gasteiger partial charge >= 0.3 is 6.18 Å². The van der Waals surface area contributed by atoms with E-state index in [0.717, 1.165) is 0 Å². The van der Waals surface area contributed by atoms with E-state index in [4.69, 9.17) is 0 Å². The molecule has 0 amide bonds. The minimum atomic E-state index is -4.51. The van der Waals surface area contributed by atoms with E-state index in [1.807, 2.05) is 0 Å². The van der Waals surface area contributed by atoms with Gasteiger partial charge in [0.25, 0.3) is 0 Å². The lowest BCUT2D eigenvalue weighted by atomic mass is 9.99. The molecule has 0 saturated carbocycles. The first-order valence-corrected chi connectivity index (χ1v) is 3.56. The summed E-state index contributed by atoms with van der Waals surface area (Å²) in [6, 6.07) is 0. The predicted molar refractivity (Wildman–Crippen MR) is 37.2 cm³/mol. The third-order valence-corrected chi connectivity index (χ3v) is 1.80. The van der Waals surface area contributed by atoms with Gasteiger partial charge in [-0.3, -0.25) is 0 Å². The van der Waals surface area contributed by atoms with Crippen LogP contribution in [0.3, 0.4) is 0 Å². The molecule has 0 fully saturated rings. The SMILES string of the molecule is CC1=CCCC(C(F)(F)F)=C1F. The highest BCUT2D eigenvalue weighted by Gasteiger charge is 2.37. The Morgan fingerprint density at radius 1 is 1.33 bits per heavy atom. The first-order chi connectivity index (χ1) is 5.43. The highest BCUT2D eigenvalue weighted by molar-refractivity contribution is 5.34. The van der Waals surface area contributed by atoms with Gasteiger partial charge in [0.15, 0.2) is 0 Å². The molecule has 0 unspecified atom stereocenters. The molecule has 0 N–H and O–H groups in total. The molecule has 0 aromatic rings. The summed E-state index contributed by atoms with van der Waals surface area (Å²) in [6.45, 7) is 1.35. The average molecular weight is 180 g/mol. The van der Waals surface area contributed by atoms with Crippen LogP contribution in [-0.2, 0) is 0 Å². The van der Waals surface area contributed by atoms with Crippen molar-refractivity contribution >= 4 is 0 Å². The first kappa shape index (κ1) is 9.29. The van der Waals surface area contributed by atoms with E-state index in [1.54, 1.807) is 0 Å². The van der Waals surface area contributed by atoms with Crippen LogP contribution in [0, 0.1) is 0 Å². The zero-order valence-electron chi connectivity index (χ0n) is 6.50. The second-order valence-corrected chi connectivity index (χ2v) is 2.72. The van der Waals surface area contributed by atoms with Gasteiger partial charge in [-0.2, -0.15) is 13.2 Å². The van der Waals surface area contributed by atoms with Gasteiger partial charge in [0.2, 0.25) is 0 Å². The van der Waals surface area contributed by atoms with E-state index >= 15 is 0 Å². The summed E-state index contributed by atoms with van der Waals surface area (Å²) < 4.78 is 48.9. The lowest BCUT2D eigenvalue weighted by Gasteiger charge is -2.16. The molecule has 0 atom stereocenters. The molecule has 1 aliphatic carbocycles. The van der Waals surface area contributed by atoms with Crippen LogP contribution in [0.4, 0.5) is 17.6 Å². The van der Waals surface area contributed by atoms with Gasteiger partial charge in [-0.15, -0.1) is 0 Å². The fraction of sp³-hybridized carbons (Fsp3) is 0.500. The Kier molecular flexibility index (Phi) is 2.26. The summed E-state index contributed by atoms with van der Waals surface area (Å²) in [5.41, 5.74) is -0.934. The van der Waals surface area contributed by atoms with Crippen molar-refractivity contribution in [2.75, 3.05) is 0 Å². The van der Waals surface area contributed by atoms with Crippen molar-refractivity contribution in [2.24, 2.45) is 0 Å². The maximum absolute atomic E-state index is 12.8. The molecule has 0 heterocycles. The summed E-state index contributed by atoms with van der Waals surface area (Å²) in [7, 11) is 0. The van der Waals surface area contributed by atoms with Crippen molar-refractivity contribution in [3.8, 4) is 0 Å². The van der Waals surface area contributed by atoms with Crippen molar-refractivity contribution in [3.05, 3.63) is 23.0 Å². The Morgan fingerprint density at radius 2 is 1.92 bits per heavy atom. The molecular formula is C8H8F4. The van der Waals surface area contributed by atoms with Gasteiger partial charge in [-0.05, 0) is 25.3 Å². The smallest absolute Gasteiger partial charge is 0.206 e. The summed E-state index contributed by atoms with van der Waals surface area (Å²) in [6.07, 6.45) is -3.01. The third-order valence-electron chi connectivity index (χ3n) is 1.80. The van der Waals surface area contributed by atoms with Gasteiger partial charge < -0.3 is 0 Å². The molecule has 0 radical (unpaired) electrons. The molecule has 68 valence electrons. The van der Waals surface area contributed by atoms with E-state index in [-0.39, 0.29) is 18.4 Å². The predicted octanol–water partition coefficient (Wildman–Crippen LogP) is 3.51. The minimum absolute atomic E-state index is 0.0913. The number of halogens is 4. The van der Waals surface area contributed by atoms with Gasteiger partial charge in [-0.25, -0.2) is 4.39 Å². The fourth-order valence-corrected chi connectivity index (χ4v) is 1.14. The molecule has 4 heteroatoms. The maximum atomic E-state index is 12.8. The van der Waals surface area contributed by atoms with Gasteiger partial charge in [0.1, 0.15) is 5.83 Å². The molecule has 0 aromatic heterocycles. The quantitative estimate of drug-likeness (QED) is 0.500. The van der Waals surface area contributed by atoms with Crippen LogP contribution in [0.25, 0.3) is 0 Å². The fourth-order valence-electron chi connectivity index (χ4n) is 1.14. The van der Waals surface area contributed by atoms with E-state index in [1.165, 1.54) is 13.0 Å². The van der Waals surface area contributed by atoms with Crippen molar-refractivity contribution in [3.63, 3.8) is 0 Å². The highest BCUT2D eigenvalue weighted by atomic mass is 19.4. The Labute approximate surface area is 67.6 Å². The normalized spacial score (nSPS) is 19.6. The number of alkyl halides is 3. The van der Waals surface area contributed by atoms with Crippen LogP contribution in [0.5, 0.6) is 0 Å². The van der Waals surface area contributed by atoms with Crippen molar-refractivity contribution in [1.82, 2.24) is 0 Å². The van der Waals surface area contributed by atoms with E-state index in [0.29, 0.717) is 0 Å². The van der Waals surface area contributed by atoms with Crippen LogP contribution < -0.4 is 0 Å². The maximum Gasteiger partial charge on any atom is 0.415 e. The third kappa shape index (κ3) is 1.68. The number of hydrogen-bond donors (Lipinski definition) is 0.